The molecule has 1 aromatic rings. The number of nitrogens with one attached hydrogen (secondary N) is 1. The molecule has 1 N–H and O–H groups in total. The molecule has 0 saturated carbocycles. The Labute approximate surface area is 114 Å². The number of rotatable bonds is 6. The highest BCUT2D eigenvalue weighted by atomic mass is 16.5. The summed E-state index contributed by atoms with van der Waals surface area (Å²) in [6.45, 7) is 10.2. The second-order valence-corrected chi connectivity index (χ2v) is 4.68. The average Bonchev–Trinajstić information content (AvgIpc) is 2.32. The number of carbonyl (C=O) groups excluding carboxylic acids is 1. The molecule has 0 saturated heterocycles. The molecule has 0 fully saturated rings. The Morgan fingerprint density at radius 3 is 2.58 bits per heavy atom. The van der Waals surface area contributed by atoms with Crippen molar-refractivity contribution in [3.05, 3.63) is 17.8 Å². The van der Waals surface area contributed by atoms with E-state index < -0.39 is 5.60 Å². The molecule has 106 valence electrons. The van der Waals surface area contributed by atoms with Crippen LogP contribution in [0.3, 0.4) is 0 Å². The predicted octanol–water partition coefficient (Wildman–Crippen LogP) is 2.54. The third-order valence-electron chi connectivity index (χ3n) is 2.62. The number of amides is 1. The Morgan fingerprint density at radius 2 is 2.05 bits per heavy atom. The third kappa shape index (κ3) is 4.21. The van der Waals surface area contributed by atoms with Gasteiger partial charge in [-0.15, -0.1) is 0 Å². The number of aromatic nitrogens is 1. The zero-order chi connectivity index (χ0) is 14.5. The van der Waals surface area contributed by atoms with Crippen LogP contribution < -0.4 is 10.1 Å². The van der Waals surface area contributed by atoms with Crippen LogP contribution in [0.2, 0.25) is 0 Å². The first-order chi connectivity index (χ1) is 8.90. The van der Waals surface area contributed by atoms with Crippen LogP contribution in [0.4, 0.5) is 5.69 Å². The van der Waals surface area contributed by atoms with Crippen molar-refractivity contribution in [2.24, 2.45) is 0 Å². The van der Waals surface area contributed by atoms with Crippen LogP contribution in [-0.2, 0) is 9.53 Å². The number of pyridine rings is 1. The predicted molar refractivity (Wildman–Crippen MR) is 74.5 cm³/mol. The van der Waals surface area contributed by atoms with E-state index in [0.29, 0.717) is 24.8 Å². The van der Waals surface area contributed by atoms with Crippen molar-refractivity contribution >= 4 is 11.6 Å². The minimum Gasteiger partial charge on any atom is -0.478 e. The first kappa shape index (κ1) is 15.4. The molecule has 0 bridgehead atoms. The number of aryl methyl sites for hydroxylation is 1. The maximum Gasteiger partial charge on any atom is 0.256 e. The molecule has 19 heavy (non-hydrogen) atoms. The Bertz CT molecular complexity index is 444. The molecule has 1 heterocycles. The monoisotopic (exact) mass is 266 g/mol. The molecule has 1 amide bonds. The lowest BCUT2D eigenvalue weighted by molar-refractivity contribution is -0.136. The Hall–Kier alpha value is -1.62. The molecular weight excluding hydrogens is 244 g/mol. The van der Waals surface area contributed by atoms with Crippen molar-refractivity contribution in [2.75, 3.05) is 18.5 Å². The van der Waals surface area contributed by atoms with Crippen molar-refractivity contribution in [1.29, 1.82) is 0 Å². The van der Waals surface area contributed by atoms with Crippen molar-refractivity contribution in [3.8, 4) is 5.88 Å². The topological polar surface area (TPSA) is 60.5 Å². The van der Waals surface area contributed by atoms with Crippen LogP contribution >= 0.6 is 0 Å². The van der Waals surface area contributed by atoms with Crippen LogP contribution in [0.5, 0.6) is 5.88 Å². The van der Waals surface area contributed by atoms with Gasteiger partial charge in [-0.3, -0.25) is 4.79 Å². The van der Waals surface area contributed by atoms with Gasteiger partial charge in [0, 0.05) is 12.2 Å². The number of hydrogen-bond donors (Lipinski definition) is 1. The summed E-state index contributed by atoms with van der Waals surface area (Å²) in [5.41, 5.74) is 0.661. The Morgan fingerprint density at radius 1 is 1.37 bits per heavy atom. The zero-order valence-electron chi connectivity index (χ0n) is 12.2. The fraction of sp³-hybridized carbons (Fsp3) is 0.571. The number of nitrogens with zero attached hydrogens (tertiary/aromatic N) is 1. The van der Waals surface area contributed by atoms with Gasteiger partial charge >= 0.3 is 0 Å². The largest absolute Gasteiger partial charge is 0.478 e. The van der Waals surface area contributed by atoms with E-state index in [4.69, 9.17) is 9.47 Å². The first-order valence-electron chi connectivity index (χ1n) is 6.45. The third-order valence-corrected chi connectivity index (χ3v) is 2.62. The van der Waals surface area contributed by atoms with Gasteiger partial charge in [-0.1, -0.05) is 0 Å². The molecule has 5 heteroatoms. The molecule has 0 aliphatic carbocycles. The van der Waals surface area contributed by atoms with Gasteiger partial charge < -0.3 is 14.8 Å². The highest BCUT2D eigenvalue weighted by molar-refractivity contribution is 5.96. The fourth-order valence-corrected chi connectivity index (χ4v) is 1.63. The first-order valence-corrected chi connectivity index (χ1v) is 6.45. The molecule has 0 aromatic carbocycles. The van der Waals surface area contributed by atoms with E-state index >= 15 is 0 Å². The van der Waals surface area contributed by atoms with Crippen LogP contribution in [0.1, 0.15) is 33.3 Å². The summed E-state index contributed by atoms with van der Waals surface area (Å²) in [5.74, 6) is 0.393. The van der Waals surface area contributed by atoms with E-state index in [1.165, 1.54) is 0 Å². The lowest BCUT2D eigenvalue weighted by atomic mass is 10.1. The molecule has 1 aromatic heterocycles. The maximum absolute atomic E-state index is 12.1. The standard InChI is InChI=1S/C14H22N2O3/c1-6-18-12-10(3)8-11(9-15-12)16-13(17)14(4,5)19-7-2/h8-9H,6-7H2,1-5H3,(H,16,17). The van der Waals surface area contributed by atoms with Crippen LogP contribution in [0.15, 0.2) is 12.3 Å². The lowest BCUT2D eigenvalue weighted by Crippen LogP contribution is -2.39. The molecule has 0 unspecified atom stereocenters. The Balaban J connectivity index is 2.78. The maximum atomic E-state index is 12.1. The molecule has 0 atom stereocenters. The molecule has 0 radical (unpaired) electrons. The second-order valence-electron chi connectivity index (χ2n) is 4.68. The SMILES string of the molecule is CCOc1ncc(NC(=O)C(C)(C)OCC)cc1C. The van der Waals surface area contributed by atoms with Crippen molar-refractivity contribution in [2.45, 2.75) is 40.2 Å². The summed E-state index contributed by atoms with van der Waals surface area (Å²) < 4.78 is 10.8. The summed E-state index contributed by atoms with van der Waals surface area (Å²) in [6, 6.07) is 1.83. The summed E-state index contributed by atoms with van der Waals surface area (Å²) in [6.07, 6.45) is 1.58. The van der Waals surface area contributed by atoms with E-state index in [1.807, 2.05) is 26.8 Å². The molecule has 0 aliphatic rings. The van der Waals surface area contributed by atoms with Crippen molar-refractivity contribution < 1.29 is 14.3 Å². The van der Waals surface area contributed by atoms with Gasteiger partial charge in [0.2, 0.25) is 5.88 Å². The minimum atomic E-state index is -0.860. The number of carbonyl (C=O) groups is 1. The number of ether oxygens (including phenoxy) is 2. The molecular formula is C14H22N2O3. The summed E-state index contributed by atoms with van der Waals surface area (Å²) in [5, 5.41) is 2.80. The van der Waals surface area contributed by atoms with E-state index in [-0.39, 0.29) is 5.91 Å². The van der Waals surface area contributed by atoms with Gasteiger partial charge in [0.05, 0.1) is 18.5 Å². The van der Waals surface area contributed by atoms with E-state index in [0.717, 1.165) is 5.56 Å². The van der Waals surface area contributed by atoms with E-state index in [1.54, 1.807) is 20.0 Å². The van der Waals surface area contributed by atoms with Gasteiger partial charge in [-0.05, 0) is 40.7 Å². The van der Waals surface area contributed by atoms with Crippen molar-refractivity contribution in [1.82, 2.24) is 4.98 Å². The molecule has 0 aliphatic heterocycles. The fourth-order valence-electron chi connectivity index (χ4n) is 1.63. The van der Waals surface area contributed by atoms with Gasteiger partial charge in [-0.2, -0.15) is 0 Å². The van der Waals surface area contributed by atoms with Crippen molar-refractivity contribution in [3.63, 3.8) is 0 Å². The van der Waals surface area contributed by atoms with E-state index in [9.17, 15) is 4.79 Å². The minimum absolute atomic E-state index is 0.195. The van der Waals surface area contributed by atoms with Gasteiger partial charge in [0.15, 0.2) is 0 Å². The second kappa shape index (κ2) is 6.52. The van der Waals surface area contributed by atoms with Gasteiger partial charge in [-0.25, -0.2) is 4.98 Å². The summed E-state index contributed by atoms with van der Waals surface area (Å²) >= 11 is 0. The quantitative estimate of drug-likeness (QED) is 0.859. The van der Waals surface area contributed by atoms with Gasteiger partial charge in [0.1, 0.15) is 5.60 Å². The van der Waals surface area contributed by atoms with Crippen LogP contribution in [-0.4, -0.2) is 29.7 Å². The zero-order valence-corrected chi connectivity index (χ0v) is 12.2. The average molecular weight is 266 g/mol. The number of hydrogen-bond acceptors (Lipinski definition) is 4. The summed E-state index contributed by atoms with van der Waals surface area (Å²) in [7, 11) is 0. The normalized spacial score (nSPS) is 11.2. The molecule has 0 spiro atoms. The molecule has 5 nitrogen and oxygen atoms in total. The lowest BCUT2D eigenvalue weighted by Gasteiger charge is -2.23. The highest BCUT2D eigenvalue weighted by Crippen LogP contribution is 2.20. The Kier molecular flexibility index (Phi) is 5.30. The number of anilines is 1. The van der Waals surface area contributed by atoms with Gasteiger partial charge in [0.25, 0.3) is 5.91 Å². The smallest absolute Gasteiger partial charge is 0.256 e. The van der Waals surface area contributed by atoms with Crippen LogP contribution in [0.25, 0.3) is 0 Å². The van der Waals surface area contributed by atoms with Crippen LogP contribution in [0, 0.1) is 6.92 Å². The summed E-state index contributed by atoms with van der Waals surface area (Å²) in [4.78, 5) is 16.2. The van der Waals surface area contributed by atoms with E-state index in [2.05, 4.69) is 10.3 Å². The molecule has 1 rings (SSSR count). The highest BCUT2D eigenvalue weighted by Gasteiger charge is 2.28.